The lowest BCUT2D eigenvalue weighted by Gasteiger charge is -2.23. The summed E-state index contributed by atoms with van der Waals surface area (Å²) in [6.45, 7) is 4.03. The number of fused-ring (bicyclic) bond motifs is 1. The van der Waals surface area contributed by atoms with Crippen LogP contribution in [-0.4, -0.2) is 11.8 Å². The van der Waals surface area contributed by atoms with Gasteiger partial charge >= 0.3 is 0 Å². The number of ketones is 1. The van der Waals surface area contributed by atoms with Gasteiger partial charge in [-0.2, -0.15) is 0 Å². The van der Waals surface area contributed by atoms with Crippen LogP contribution in [0.4, 0.5) is 5.69 Å². The molecule has 1 N–H and O–H groups in total. The summed E-state index contributed by atoms with van der Waals surface area (Å²) in [5.41, 5.74) is 2.97. The first-order chi connectivity index (χ1) is 6.16. The van der Waals surface area contributed by atoms with E-state index in [1.165, 1.54) is 0 Å². The van der Waals surface area contributed by atoms with Crippen LogP contribution in [-0.2, 0) is 0 Å². The van der Waals surface area contributed by atoms with Crippen molar-refractivity contribution in [2.75, 3.05) is 5.32 Å². The van der Waals surface area contributed by atoms with E-state index >= 15 is 0 Å². The third kappa shape index (κ3) is 1.44. The second-order valence-electron chi connectivity index (χ2n) is 3.72. The molecule has 0 amide bonds. The van der Waals surface area contributed by atoms with Gasteiger partial charge in [0.2, 0.25) is 0 Å². The topological polar surface area (TPSA) is 29.1 Å². The van der Waals surface area contributed by atoms with Crippen LogP contribution in [0.2, 0.25) is 0 Å². The van der Waals surface area contributed by atoms with Crippen molar-refractivity contribution in [3.8, 4) is 0 Å². The summed E-state index contributed by atoms with van der Waals surface area (Å²) in [4.78, 5) is 11.6. The maximum absolute atomic E-state index is 11.6. The Kier molecular flexibility index (Phi) is 1.83. The molecule has 0 bridgehead atoms. The van der Waals surface area contributed by atoms with Crippen LogP contribution in [0.3, 0.4) is 0 Å². The zero-order valence-electron chi connectivity index (χ0n) is 7.92. The molecule has 13 heavy (non-hydrogen) atoms. The summed E-state index contributed by atoms with van der Waals surface area (Å²) in [5.74, 6) is 0.255. The molecule has 2 rings (SSSR count). The van der Waals surface area contributed by atoms with Gasteiger partial charge in [-0.25, -0.2) is 0 Å². The second kappa shape index (κ2) is 2.87. The van der Waals surface area contributed by atoms with Crippen molar-refractivity contribution in [3.63, 3.8) is 0 Å². The molecule has 1 aliphatic rings. The largest absolute Gasteiger partial charge is 0.382 e. The van der Waals surface area contributed by atoms with Gasteiger partial charge in [-0.15, -0.1) is 0 Å². The number of hydrogen-bond acceptors (Lipinski definition) is 2. The number of carbonyl (C=O) groups is 1. The predicted molar refractivity (Wildman–Crippen MR) is 53.2 cm³/mol. The zero-order chi connectivity index (χ0) is 9.42. The summed E-state index contributed by atoms with van der Waals surface area (Å²) >= 11 is 0. The Labute approximate surface area is 78.0 Å². The number of Topliss-reactive ketones (excluding diaryl/α,β-unsaturated/α-hetero) is 1. The fourth-order valence-electron chi connectivity index (χ4n) is 1.72. The average Bonchev–Trinajstić information content (AvgIpc) is 2.06. The summed E-state index contributed by atoms with van der Waals surface area (Å²) < 4.78 is 0. The van der Waals surface area contributed by atoms with Crippen LogP contribution in [0.5, 0.6) is 0 Å². The van der Waals surface area contributed by atoms with Gasteiger partial charge in [-0.3, -0.25) is 4.79 Å². The minimum atomic E-state index is 0.255. The van der Waals surface area contributed by atoms with Gasteiger partial charge in [0.15, 0.2) is 5.78 Å². The predicted octanol–water partition coefficient (Wildman–Crippen LogP) is 2.38. The third-order valence-electron chi connectivity index (χ3n) is 2.37. The number of carbonyl (C=O) groups excluding carboxylic acids is 1. The number of anilines is 1. The molecule has 0 fully saturated rings. The highest BCUT2D eigenvalue weighted by Crippen LogP contribution is 2.25. The van der Waals surface area contributed by atoms with Gasteiger partial charge in [0, 0.05) is 23.7 Å². The van der Waals surface area contributed by atoms with Gasteiger partial charge in [0.25, 0.3) is 0 Å². The molecular formula is C11H13NO. The van der Waals surface area contributed by atoms with E-state index in [1.807, 2.05) is 32.0 Å². The normalized spacial score (nSPS) is 20.8. The van der Waals surface area contributed by atoms with Gasteiger partial charge in [-0.1, -0.05) is 11.6 Å². The highest BCUT2D eigenvalue weighted by Gasteiger charge is 2.20. The molecule has 68 valence electrons. The molecule has 0 aromatic heterocycles. The van der Waals surface area contributed by atoms with Gasteiger partial charge < -0.3 is 5.32 Å². The SMILES string of the molecule is Cc1ccc2c(c1)C(=O)CC(C)N2. The Morgan fingerprint density at radius 1 is 1.46 bits per heavy atom. The molecule has 0 saturated heterocycles. The number of hydrogen-bond donors (Lipinski definition) is 1. The van der Waals surface area contributed by atoms with Crippen molar-refractivity contribution in [3.05, 3.63) is 29.3 Å². The average molecular weight is 175 g/mol. The lowest BCUT2D eigenvalue weighted by Crippen LogP contribution is -2.26. The smallest absolute Gasteiger partial charge is 0.166 e. The van der Waals surface area contributed by atoms with Crippen molar-refractivity contribution in [1.29, 1.82) is 0 Å². The molecule has 0 radical (unpaired) electrons. The van der Waals surface area contributed by atoms with Crippen molar-refractivity contribution in [2.45, 2.75) is 26.3 Å². The van der Waals surface area contributed by atoms with E-state index in [0.29, 0.717) is 6.42 Å². The van der Waals surface area contributed by atoms with Crippen LogP contribution < -0.4 is 5.32 Å². The van der Waals surface area contributed by atoms with Gasteiger partial charge in [0.05, 0.1) is 0 Å². The Morgan fingerprint density at radius 2 is 2.23 bits per heavy atom. The second-order valence-corrected chi connectivity index (χ2v) is 3.72. The number of nitrogens with one attached hydrogen (secondary N) is 1. The van der Waals surface area contributed by atoms with Crippen molar-refractivity contribution in [1.82, 2.24) is 0 Å². The summed E-state index contributed by atoms with van der Waals surface area (Å²) in [6, 6.07) is 6.23. The van der Waals surface area contributed by atoms with E-state index in [2.05, 4.69) is 5.32 Å². The monoisotopic (exact) mass is 175 g/mol. The summed E-state index contributed by atoms with van der Waals surface area (Å²) in [7, 11) is 0. The van der Waals surface area contributed by atoms with E-state index in [0.717, 1.165) is 16.8 Å². The van der Waals surface area contributed by atoms with Gasteiger partial charge in [0.1, 0.15) is 0 Å². The Balaban J connectivity index is 2.49. The molecule has 2 heteroatoms. The molecule has 1 heterocycles. The highest BCUT2D eigenvalue weighted by molar-refractivity contribution is 6.03. The minimum absolute atomic E-state index is 0.255. The van der Waals surface area contributed by atoms with Gasteiger partial charge in [-0.05, 0) is 26.0 Å². The first-order valence-electron chi connectivity index (χ1n) is 4.57. The summed E-state index contributed by atoms with van der Waals surface area (Å²) in [6.07, 6.45) is 0.608. The van der Waals surface area contributed by atoms with Crippen molar-refractivity contribution < 1.29 is 4.79 Å². The fourth-order valence-corrected chi connectivity index (χ4v) is 1.72. The standard InChI is InChI=1S/C11H13NO/c1-7-3-4-10-9(5-7)11(13)6-8(2)12-10/h3-5,8,12H,6H2,1-2H3. The van der Waals surface area contributed by atoms with Crippen molar-refractivity contribution >= 4 is 11.5 Å². The number of benzene rings is 1. The molecular weight excluding hydrogens is 162 g/mol. The van der Waals surface area contributed by atoms with E-state index in [9.17, 15) is 4.79 Å². The molecule has 0 saturated carbocycles. The van der Waals surface area contributed by atoms with Crippen LogP contribution >= 0.6 is 0 Å². The lowest BCUT2D eigenvalue weighted by molar-refractivity contribution is 0.0974. The molecule has 2 nitrogen and oxygen atoms in total. The minimum Gasteiger partial charge on any atom is -0.382 e. The molecule has 1 aromatic rings. The van der Waals surface area contributed by atoms with Crippen LogP contribution in [0, 0.1) is 6.92 Å². The first kappa shape index (κ1) is 8.30. The Hall–Kier alpha value is -1.31. The van der Waals surface area contributed by atoms with Crippen molar-refractivity contribution in [2.24, 2.45) is 0 Å². The zero-order valence-corrected chi connectivity index (χ0v) is 7.92. The number of aryl methyl sites for hydroxylation is 1. The number of rotatable bonds is 0. The van der Waals surface area contributed by atoms with E-state index < -0.39 is 0 Å². The van der Waals surface area contributed by atoms with Crippen LogP contribution in [0.25, 0.3) is 0 Å². The molecule has 0 aliphatic carbocycles. The van der Waals surface area contributed by atoms with E-state index in [-0.39, 0.29) is 11.8 Å². The first-order valence-corrected chi connectivity index (χ1v) is 4.57. The van der Waals surface area contributed by atoms with Crippen LogP contribution in [0.1, 0.15) is 29.3 Å². The quantitative estimate of drug-likeness (QED) is 0.656. The third-order valence-corrected chi connectivity index (χ3v) is 2.37. The highest BCUT2D eigenvalue weighted by atomic mass is 16.1. The maximum atomic E-state index is 11.6. The Morgan fingerprint density at radius 3 is 3.00 bits per heavy atom. The summed E-state index contributed by atoms with van der Waals surface area (Å²) in [5, 5.41) is 3.30. The molecule has 1 aliphatic heterocycles. The van der Waals surface area contributed by atoms with E-state index in [4.69, 9.17) is 0 Å². The maximum Gasteiger partial charge on any atom is 0.166 e. The molecule has 1 unspecified atom stereocenters. The molecule has 0 spiro atoms. The fraction of sp³-hybridized carbons (Fsp3) is 0.364. The van der Waals surface area contributed by atoms with Crippen LogP contribution in [0.15, 0.2) is 18.2 Å². The Bertz CT molecular complexity index is 357. The molecule has 1 atom stereocenters. The lowest BCUT2D eigenvalue weighted by atomic mass is 9.96. The molecule has 1 aromatic carbocycles. The van der Waals surface area contributed by atoms with E-state index in [1.54, 1.807) is 0 Å².